The van der Waals surface area contributed by atoms with Crippen molar-refractivity contribution in [1.29, 1.82) is 0 Å². The molecule has 4 aliphatic rings. The van der Waals surface area contributed by atoms with Gasteiger partial charge in [0.05, 0.1) is 6.10 Å². The predicted molar refractivity (Wildman–Crippen MR) is 143 cm³/mol. The molecule has 0 spiro atoms. The second-order valence-electron chi connectivity index (χ2n) is 13.2. The summed E-state index contributed by atoms with van der Waals surface area (Å²) in [6.45, 7) is 12.6. The third-order valence-corrected chi connectivity index (χ3v) is 10.6. The minimum absolute atomic E-state index is 0.0766. The number of carbonyl (C=O) groups is 2. The van der Waals surface area contributed by atoms with Crippen molar-refractivity contribution < 1.29 is 24.9 Å². The highest BCUT2D eigenvalue weighted by Gasteiger charge is 2.59. The van der Waals surface area contributed by atoms with Gasteiger partial charge in [-0.3, -0.25) is 0 Å². The summed E-state index contributed by atoms with van der Waals surface area (Å²) < 4.78 is 0. The van der Waals surface area contributed by atoms with Crippen LogP contribution in [0.4, 0.5) is 0 Å². The highest BCUT2D eigenvalue weighted by Crippen LogP contribution is 2.67. The Morgan fingerprint density at radius 3 is 2.25 bits per heavy atom. The molecule has 0 saturated heterocycles. The van der Waals surface area contributed by atoms with Crippen LogP contribution >= 0.6 is 0 Å². The molecule has 1 unspecified atom stereocenters. The largest absolute Gasteiger partial charge is 0.478 e. The monoisotopic (exact) mass is 502 g/mol. The Morgan fingerprint density at radius 1 is 0.972 bits per heavy atom. The van der Waals surface area contributed by atoms with E-state index in [0.29, 0.717) is 23.0 Å². The lowest BCUT2D eigenvalue weighted by Crippen LogP contribution is -2.50. The molecule has 0 heterocycles. The van der Waals surface area contributed by atoms with Crippen LogP contribution in [0.2, 0.25) is 0 Å². The lowest BCUT2D eigenvalue weighted by atomic mass is 9.47. The van der Waals surface area contributed by atoms with E-state index in [0.717, 1.165) is 48.3 Å². The normalized spacial score (nSPS) is 38.3. The first kappa shape index (κ1) is 28.9. The summed E-state index contributed by atoms with van der Waals surface area (Å²) in [5.74, 6) is 2.94. The predicted octanol–water partition coefficient (Wildman–Crippen LogP) is 7.10. The number of allylic oxidation sites excluding steroid dienone is 1. The molecule has 204 valence electrons. The summed E-state index contributed by atoms with van der Waals surface area (Å²) in [5.41, 5.74) is 2.60. The van der Waals surface area contributed by atoms with Gasteiger partial charge in [-0.2, -0.15) is 0 Å². The van der Waals surface area contributed by atoms with E-state index < -0.39 is 11.9 Å². The van der Waals surface area contributed by atoms with Gasteiger partial charge in [0.1, 0.15) is 0 Å². The Balaban J connectivity index is 0.000000392. The topological polar surface area (TPSA) is 94.8 Å². The van der Waals surface area contributed by atoms with Gasteiger partial charge in [0, 0.05) is 12.2 Å². The Hall–Kier alpha value is -1.62. The molecular weight excluding hydrogens is 452 g/mol. The molecule has 3 saturated carbocycles. The van der Waals surface area contributed by atoms with Gasteiger partial charge < -0.3 is 15.3 Å². The van der Waals surface area contributed by atoms with Crippen molar-refractivity contribution in [1.82, 2.24) is 0 Å². The number of fused-ring (bicyclic) bond motifs is 5. The fraction of sp³-hybridized carbons (Fsp3) is 0.806. The van der Waals surface area contributed by atoms with E-state index in [2.05, 4.69) is 40.7 Å². The van der Waals surface area contributed by atoms with Crippen molar-refractivity contribution in [2.75, 3.05) is 0 Å². The zero-order valence-electron chi connectivity index (χ0n) is 23.2. The Bertz CT molecular complexity index is 828. The lowest BCUT2D eigenvalue weighted by Gasteiger charge is -2.58. The summed E-state index contributed by atoms with van der Waals surface area (Å²) in [4.78, 5) is 19.1. The maximum atomic E-state index is 10.2. The Labute approximate surface area is 218 Å². The van der Waals surface area contributed by atoms with Crippen LogP contribution in [0.15, 0.2) is 23.8 Å². The van der Waals surface area contributed by atoms with Gasteiger partial charge in [0.25, 0.3) is 0 Å². The van der Waals surface area contributed by atoms with Crippen molar-refractivity contribution in [2.24, 2.45) is 46.3 Å². The number of rotatable bonds is 7. The van der Waals surface area contributed by atoms with E-state index in [1.54, 1.807) is 5.57 Å². The first-order valence-electron chi connectivity index (χ1n) is 14.4. The average molecular weight is 503 g/mol. The summed E-state index contributed by atoms with van der Waals surface area (Å²) in [6.07, 6.45) is 18.3. The van der Waals surface area contributed by atoms with Gasteiger partial charge in [-0.05, 0) is 97.7 Å². The molecule has 5 nitrogen and oxygen atoms in total. The summed E-state index contributed by atoms with van der Waals surface area (Å²) >= 11 is 0. The second kappa shape index (κ2) is 11.8. The van der Waals surface area contributed by atoms with Gasteiger partial charge in [-0.15, -0.1) is 0 Å². The van der Waals surface area contributed by atoms with Crippen LogP contribution in [0, 0.1) is 46.3 Å². The maximum Gasteiger partial charge on any atom is 0.328 e. The summed E-state index contributed by atoms with van der Waals surface area (Å²) in [5, 5.41) is 25.8. The van der Waals surface area contributed by atoms with E-state index in [1.165, 1.54) is 57.8 Å². The van der Waals surface area contributed by atoms with Gasteiger partial charge in [0.2, 0.25) is 0 Å². The quantitative estimate of drug-likeness (QED) is 0.255. The van der Waals surface area contributed by atoms with Crippen LogP contribution in [0.1, 0.15) is 105 Å². The highest BCUT2D eigenvalue weighted by molar-refractivity contribution is 5.89. The van der Waals surface area contributed by atoms with E-state index in [9.17, 15) is 14.7 Å². The summed E-state index contributed by atoms with van der Waals surface area (Å²) in [7, 11) is 0. The number of aliphatic hydroxyl groups is 1. The molecule has 0 aromatic carbocycles. The van der Waals surface area contributed by atoms with Crippen LogP contribution < -0.4 is 0 Å². The lowest BCUT2D eigenvalue weighted by molar-refractivity contribution is -0.134. The van der Waals surface area contributed by atoms with Crippen LogP contribution in [-0.2, 0) is 9.59 Å². The van der Waals surface area contributed by atoms with Crippen molar-refractivity contribution in [3.8, 4) is 0 Å². The second-order valence-corrected chi connectivity index (χ2v) is 13.2. The van der Waals surface area contributed by atoms with Crippen molar-refractivity contribution in [3.05, 3.63) is 23.8 Å². The number of aliphatic hydroxyl groups excluding tert-OH is 1. The molecule has 0 radical (unpaired) electrons. The van der Waals surface area contributed by atoms with Crippen LogP contribution in [0.3, 0.4) is 0 Å². The van der Waals surface area contributed by atoms with Crippen LogP contribution in [-0.4, -0.2) is 33.4 Å². The fourth-order valence-electron chi connectivity index (χ4n) is 8.81. The van der Waals surface area contributed by atoms with Gasteiger partial charge >= 0.3 is 11.9 Å². The van der Waals surface area contributed by atoms with Crippen molar-refractivity contribution in [3.63, 3.8) is 0 Å². The van der Waals surface area contributed by atoms with Crippen LogP contribution in [0.5, 0.6) is 0 Å². The summed E-state index contributed by atoms with van der Waals surface area (Å²) in [6, 6.07) is 0. The standard InChI is InChI=1S/C27H46O.C4H4O4/c1-18(2)7-6-8-19(3)23-11-12-24-22-10-9-20-17-21(28)13-15-26(20,4)25(22)14-16-27(23,24)5;5-3(6)1-2-4(7)8/h9,18-19,21-25,28H,6-8,10-17H2,1-5H3;1-2H,(H,5,6)(H,7,8)/b;2-1-/t19?,21-,22-,23+,24-,25-,26-,27+;/m0./s1. The highest BCUT2D eigenvalue weighted by atomic mass is 16.4. The first-order valence-corrected chi connectivity index (χ1v) is 14.4. The number of hydrogen-bond acceptors (Lipinski definition) is 3. The zero-order chi connectivity index (χ0) is 26.7. The average Bonchev–Trinajstić information content (AvgIpc) is 3.15. The SMILES string of the molecule is CC(C)CCCC(C)[C@H]1CC[C@H]2[C@@H]3CC=C4C[C@@H](O)CC[C@]4(C)[C@H]3CC[C@]12C.O=C(O)/C=C\C(=O)O. The van der Waals surface area contributed by atoms with Gasteiger partial charge in [-0.1, -0.05) is 65.5 Å². The molecule has 0 aliphatic heterocycles. The van der Waals surface area contributed by atoms with Crippen molar-refractivity contribution in [2.45, 2.75) is 111 Å². The zero-order valence-corrected chi connectivity index (χ0v) is 23.2. The fourth-order valence-corrected chi connectivity index (χ4v) is 8.81. The van der Waals surface area contributed by atoms with Gasteiger partial charge in [-0.25, -0.2) is 9.59 Å². The van der Waals surface area contributed by atoms with Crippen molar-refractivity contribution >= 4 is 11.9 Å². The smallest absolute Gasteiger partial charge is 0.328 e. The number of aliphatic carboxylic acids is 2. The molecule has 3 N–H and O–H groups in total. The van der Waals surface area contributed by atoms with E-state index in [1.807, 2.05) is 0 Å². The van der Waals surface area contributed by atoms with E-state index in [-0.39, 0.29) is 6.10 Å². The maximum absolute atomic E-state index is 10.2. The van der Waals surface area contributed by atoms with Crippen LogP contribution in [0.25, 0.3) is 0 Å². The molecule has 0 bridgehead atoms. The van der Waals surface area contributed by atoms with E-state index in [4.69, 9.17) is 10.2 Å². The van der Waals surface area contributed by atoms with E-state index >= 15 is 0 Å². The molecule has 8 atom stereocenters. The minimum atomic E-state index is -1.26. The third kappa shape index (κ3) is 6.26. The first-order chi connectivity index (χ1) is 16.9. The van der Waals surface area contributed by atoms with Gasteiger partial charge in [0.15, 0.2) is 0 Å². The molecule has 36 heavy (non-hydrogen) atoms. The molecule has 0 amide bonds. The number of carboxylic acid groups (broad SMARTS) is 2. The molecule has 5 heteroatoms. The molecule has 0 aromatic heterocycles. The Morgan fingerprint density at radius 2 is 1.64 bits per heavy atom. The Kier molecular flexibility index (Phi) is 9.52. The molecule has 0 aromatic rings. The molecular formula is C31H50O5. The molecule has 4 rings (SSSR count). The number of carboxylic acids is 2. The minimum Gasteiger partial charge on any atom is -0.478 e. The third-order valence-electron chi connectivity index (χ3n) is 10.6. The molecule has 4 aliphatic carbocycles. The number of hydrogen-bond donors (Lipinski definition) is 3. The molecule has 3 fully saturated rings.